The van der Waals surface area contributed by atoms with Gasteiger partial charge in [0.15, 0.2) is 5.69 Å². The van der Waals surface area contributed by atoms with E-state index in [0.29, 0.717) is 10.9 Å². The Kier molecular flexibility index (Phi) is 4.16. The van der Waals surface area contributed by atoms with Gasteiger partial charge in [-0.3, -0.25) is 0 Å². The van der Waals surface area contributed by atoms with Crippen LogP contribution in [0.3, 0.4) is 0 Å². The minimum Gasteiger partial charge on any atom is -0.477 e. The average Bonchev–Trinajstić information content (AvgIpc) is 2.39. The van der Waals surface area contributed by atoms with Crippen molar-refractivity contribution in [1.82, 2.24) is 9.97 Å². The molecule has 0 saturated carbocycles. The molecule has 0 aliphatic carbocycles. The molecular weight excluding hydrogens is 260 g/mol. The number of nitrogens with zero attached hydrogens (tertiary/aromatic N) is 2. The van der Waals surface area contributed by atoms with Crippen LogP contribution in [0.2, 0.25) is 0 Å². The lowest BCUT2D eigenvalue weighted by atomic mass is 10.1. The Morgan fingerprint density at radius 2 is 1.89 bits per heavy atom. The number of rotatable bonds is 4. The highest BCUT2D eigenvalue weighted by molar-refractivity contribution is 7.99. The number of aromatic nitrogens is 2. The lowest BCUT2D eigenvalue weighted by Crippen LogP contribution is -2.01. The third-order valence-corrected chi connectivity index (χ3v) is 3.42. The first-order valence-corrected chi connectivity index (χ1v) is 6.76. The summed E-state index contributed by atoms with van der Waals surface area (Å²) < 4.78 is 0. The van der Waals surface area contributed by atoms with Gasteiger partial charge in [-0.25, -0.2) is 14.8 Å². The topological polar surface area (TPSA) is 63.1 Å². The minimum absolute atomic E-state index is 0.00521. The molecule has 0 aliphatic rings. The monoisotopic (exact) mass is 274 g/mol. The Labute approximate surface area is 115 Å². The van der Waals surface area contributed by atoms with Gasteiger partial charge in [-0.05, 0) is 18.2 Å². The number of carbonyl (C=O) groups is 1. The third kappa shape index (κ3) is 3.54. The van der Waals surface area contributed by atoms with Crippen LogP contribution in [0.4, 0.5) is 0 Å². The maximum atomic E-state index is 10.9. The second kappa shape index (κ2) is 5.84. The maximum Gasteiger partial charge on any atom is 0.354 e. The fourth-order valence-electron chi connectivity index (χ4n) is 1.61. The summed E-state index contributed by atoms with van der Waals surface area (Å²) in [5.41, 5.74) is 1.51. The lowest BCUT2D eigenvalue weighted by molar-refractivity contribution is 0.0690. The smallest absolute Gasteiger partial charge is 0.354 e. The van der Waals surface area contributed by atoms with Crippen LogP contribution in [0.25, 0.3) is 11.3 Å². The van der Waals surface area contributed by atoms with Crippen LogP contribution in [0.5, 0.6) is 0 Å². The van der Waals surface area contributed by atoms with Gasteiger partial charge < -0.3 is 5.11 Å². The van der Waals surface area contributed by atoms with Crippen molar-refractivity contribution >= 4 is 17.7 Å². The highest BCUT2D eigenvalue weighted by Gasteiger charge is 2.07. The van der Waals surface area contributed by atoms with Gasteiger partial charge in [0.1, 0.15) is 6.33 Å². The first-order valence-electron chi connectivity index (χ1n) is 5.88. The number of benzene rings is 1. The highest BCUT2D eigenvalue weighted by atomic mass is 32.2. The van der Waals surface area contributed by atoms with E-state index in [4.69, 9.17) is 5.11 Å². The maximum absolute atomic E-state index is 10.9. The Morgan fingerprint density at radius 3 is 2.47 bits per heavy atom. The van der Waals surface area contributed by atoms with Crippen molar-refractivity contribution < 1.29 is 9.90 Å². The molecule has 1 heterocycles. The average molecular weight is 274 g/mol. The van der Waals surface area contributed by atoms with Crippen molar-refractivity contribution in [2.75, 3.05) is 0 Å². The number of carboxylic acid groups (broad SMARTS) is 1. The second-order valence-electron chi connectivity index (χ2n) is 4.28. The molecule has 0 saturated heterocycles. The molecule has 0 radical (unpaired) electrons. The molecule has 0 fully saturated rings. The molecule has 0 atom stereocenters. The van der Waals surface area contributed by atoms with Crippen molar-refractivity contribution in [3.8, 4) is 11.3 Å². The number of hydrogen-bond acceptors (Lipinski definition) is 4. The SMILES string of the molecule is CC(C)Sc1ccc(-c2cc(C(=O)O)ncn2)cc1. The van der Waals surface area contributed by atoms with Crippen LogP contribution in [-0.4, -0.2) is 26.3 Å². The van der Waals surface area contributed by atoms with Crippen LogP contribution in [0.15, 0.2) is 41.6 Å². The van der Waals surface area contributed by atoms with Gasteiger partial charge in [0.25, 0.3) is 0 Å². The van der Waals surface area contributed by atoms with Gasteiger partial charge in [-0.2, -0.15) is 0 Å². The third-order valence-electron chi connectivity index (χ3n) is 2.41. The second-order valence-corrected chi connectivity index (χ2v) is 5.93. The summed E-state index contributed by atoms with van der Waals surface area (Å²) in [6.45, 7) is 4.28. The molecule has 0 bridgehead atoms. The molecule has 0 unspecified atom stereocenters. The zero-order valence-corrected chi connectivity index (χ0v) is 11.5. The van der Waals surface area contributed by atoms with Crippen molar-refractivity contribution in [2.24, 2.45) is 0 Å². The Hall–Kier alpha value is -1.88. The molecule has 98 valence electrons. The first-order chi connectivity index (χ1) is 9.06. The lowest BCUT2D eigenvalue weighted by Gasteiger charge is -2.06. The van der Waals surface area contributed by atoms with Crippen LogP contribution in [-0.2, 0) is 0 Å². The van der Waals surface area contributed by atoms with Crippen molar-refractivity contribution in [1.29, 1.82) is 0 Å². The number of thioether (sulfide) groups is 1. The molecule has 2 rings (SSSR count). The fraction of sp³-hybridized carbons (Fsp3) is 0.214. The van der Waals surface area contributed by atoms with E-state index >= 15 is 0 Å². The molecule has 19 heavy (non-hydrogen) atoms. The molecule has 1 aromatic carbocycles. The van der Waals surface area contributed by atoms with E-state index in [9.17, 15) is 4.79 Å². The Balaban J connectivity index is 2.27. The van der Waals surface area contributed by atoms with Crippen molar-refractivity contribution in [3.63, 3.8) is 0 Å². The van der Waals surface area contributed by atoms with Gasteiger partial charge in [-0.15, -0.1) is 11.8 Å². The summed E-state index contributed by atoms with van der Waals surface area (Å²) in [6, 6.07) is 9.40. The summed E-state index contributed by atoms with van der Waals surface area (Å²) in [6.07, 6.45) is 1.27. The quantitative estimate of drug-likeness (QED) is 0.866. The van der Waals surface area contributed by atoms with Crippen molar-refractivity contribution in [2.45, 2.75) is 24.0 Å². The highest BCUT2D eigenvalue weighted by Crippen LogP contribution is 2.25. The largest absolute Gasteiger partial charge is 0.477 e. The molecule has 0 amide bonds. The van der Waals surface area contributed by atoms with E-state index in [1.54, 1.807) is 11.8 Å². The fourth-order valence-corrected chi connectivity index (χ4v) is 2.45. The zero-order valence-electron chi connectivity index (χ0n) is 10.7. The Bertz CT molecular complexity index is 582. The normalized spacial score (nSPS) is 10.7. The van der Waals surface area contributed by atoms with Gasteiger partial charge in [0, 0.05) is 15.7 Å². The van der Waals surface area contributed by atoms with Gasteiger partial charge in [0.05, 0.1) is 5.69 Å². The standard InChI is InChI=1S/C14H14N2O2S/c1-9(2)19-11-5-3-10(4-6-11)12-7-13(14(17)18)16-8-15-12/h3-9H,1-2H3,(H,17,18). The minimum atomic E-state index is -1.05. The van der Waals surface area contributed by atoms with Crippen LogP contribution < -0.4 is 0 Å². The molecule has 4 nitrogen and oxygen atoms in total. The van der Waals surface area contributed by atoms with E-state index in [2.05, 4.69) is 23.8 Å². The molecule has 2 aromatic rings. The zero-order chi connectivity index (χ0) is 13.8. The molecule has 1 N–H and O–H groups in total. The summed E-state index contributed by atoms with van der Waals surface area (Å²) >= 11 is 1.78. The summed E-state index contributed by atoms with van der Waals surface area (Å²) in [7, 11) is 0. The predicted octanol–water partition coefficient (Wildman–Crippen LogP) is 3.34. The van der Waals surface area contributed by atoms with Gasteiger partial charge >= 0.3 is 5.97 Å². The van der Waals surface area contributed by atoms with E-state index in [0.717, 1.165) is 5.56 Å². The number of hydrogen-bond donors (Lipinski definition) is 1. The Morgan fingerprint density at radius 1 is 1.21 bits per heavy atom. The predicted molar refractivity (Wildman–Crippen MR) is 75.4 cm³/mol. The summed E-state index contributed by atoms with van der Waals surface area (Å²) in [4.78, 5) is 19.9. The number of carboxylic acids is 1. The molecule has 1 aromatic heterocycles. The van der Waals surface area contributed by atoms with Crippen molar-refractivity contribution in [3.05, 3.63) is 42.4 Å². The van der Waals surface area contributed by atoms with E-state index in [1.165, 1.54) is 17.3 Å². The number of aromatic carboxylic acids is 1. The van der Waals surface area contributed by atoms with E-state index < -0.39 is 5.97 Å². The molecule has 0 spiro atoms. The molecular formula is C14H14N2O2S. The van der Waals surface area contributed by atoms with Crippen LogP contribution in [0, 0.1) is 0 Å². The van der Waals surface area contributed by atoms with Crippen LogP contribution >= 0.6 is 11.8 Å². The van der Waals surface area contributed by atoms with Crippen LogP contribution in [0.1, 0.15) is 24.3 Å². The molecule has 5 heteroatoms. The van der Waals surface area contributed by atoms with E-state index in [1.807, 2.05) is 24.3 Å². The van der Waals surface area contributed by atoms with Gasteiger partial charge in [0.2, 0.25) is 0 Å². The summed E-state index contributed by atoms with van der Waals surface area (Å²) in [5, 5.41) is 9.44. The first kappa shape index (κ1) is 13.5. The van der Waals surface area contributed by atoms with E-state index in [-0.39, 0.29) is 5.69 Å². The molecule has 0 aliphatic heterocycles. The summed E-state index contributed by atoms with van der Waals surface area (Å²) in [5.74, 6) is -1.05. The van der Waals surface area contributed by atoms with Gasteiger partial charge in [-0.1, -0.05) is 26.0 Å².